The summed E-state index contributed by atoms with van der Waals surface area (Å²) in [7, 11) is 0. The van der Waals surface area contributed by atoms with Crippen LogP contribution in [0.25, 0.3) is 55.2 Å². The molecular weight excluding hydrogens is 1200 g/mol. The summed E-state index contributed by atoms with van der Waals surface area (Å²) in [6, 6.07) is 6.45. The number of cyclic esters (lactones) is 1. The van der Waals surface area contributed by atoms with E-state index in [1.807, 2.05) is 4.90 Å². The Morgan fingerprint density at radius 3 is 2.52 bits per heavy atom. The third kappa shape index (κ3) is 9.67. The highest BCUT2D eigenvalue weighted by Crippen LogP contribution is 2.48. The highest BCUT2D eigenvalue weighted by Gasteiger charge is 2.52. The zero-order valence-electron chi connectivity index (χ0n) is 50.3. The molecular formula is C66H62F4N10O12. The first-order valence-corrected chi connectivity index (χ1v) is 30.7. The molecule has 7 unspecified atom stereocenters. The molecule has 476 valence electrons. The number of anilines is 1. The van der Waals surface area contributed by atoms with Gasteiger partial charge in [0.15, 0.2) is 5.82 Å². The van der Waals surface area contributed by atoms with Crippen molar-refractivity contribution in [2.24, 2.45) is 5.92 Å². The third-order valence-corrected chi connectivity index (χ3v) is 19.7. The van der Waals surface area contributed by atoms with E-state index < -0.39 is 103 Å². The second kappa shape index (κ2) is 22.7. The average molecular weight is 1260 g/mol. The van der Waals surface area contributed by atoms with Gasteiger partial charge in [0.25, 0.3) is 5.56 Å². The van der Waals surface area contributed by atoms with Crippen LogP contribution in [0, 0.1) is 42.6 Å². The van der Waals surface area contributed by atoms with Crippen LogP contribution in [0.4, 0.5) is 28.2 Å². The van der Waals surface area contributed by atoms with Crippen molar-refractivity contribution in [1.82, 2.24) is 44.9 Å². The maximum Gasteiger partial charge on any atom is 0.407 e. The number of piperazine rings is 1. The number of halogens is 4. The Labute approximate surface area is 522 Å². The number of aromatic hydroxyl groups is 1. The van der Waals surface area contributed by atoms with Crippen LogP contribution in [0.1, 0.15) is 104 Å². The van der Waals surface area contributed by atoms with E-state index in [0.717, 1.165) is 12.5 Å². The van der Waals surface area contributed by atoms with Gasteiger partial charge in [-0.05, 0) is 105 Å². The van der Waals surface area contributed by atoms with Crippen LogP contribution in [0.15, 0.2) is 47.4 Å². The molecule has 6 aliphatic heterocycles. The fourth-order valence-corrected chi connectivity index (χ4v) is 15.4. The lowest BCUT2D eigenvalue weighted by Crippen LogP contribution is -2.57. The molecule has 4 N–H and O–H groups in total. The van der Waals surface area contributed by atoms with Crippen LogP contribution in [0.5, 0.6) is 11.8 Å². The number of phenolic OH excluding ortho intramolecular Hbond substituents is 1. The first-order valence-electron chi connectivity index (χ1n) is 30.7. The molecule has 7 atom stereocenters. The van der Waals surface area contributed by atoms with Crippen molar-refractivity contribution in [3.05, 3.63) is 109 Å². The summed E-state index contributed by atoms with van der Waals surface area (Å²) in [6.07, 6.45) is 8.56. The van der Waals surface area contributed by atoms with Crippen LogP contribution >= 0.6 is 0 Å². The molecule has 1 aliphatic carbocycles. The second-order valence-corrected chi connectivity index (χ2v) is 25.0. The number of ether oxygens (including phenoxy) is 4. The number of hydrogen-bond donors (Lipinski definition) is 4. The molecule has 4 saturated heterocycles. The number of phenols is 1. The van der Waals surface area contributed by atoms with E-state index >= 15 is 13.2 Å². The van der Waals surface area contributed by atoms with E-state index in [0.29, 0.717) is 71.7 Å². The number of nitrogens with zero attached hydrogens (tertiary/aromatic N) is 8. The van der Waals surface area contributed by atoms with Crippen LogP contribution in [-0.2, 0) is 58.6 Å². The monoisotopic (exact) mass is 1260 g/mol. The number of benzene rings is 3. The SMILES string of the molecule is C#Cc1c(F)ccc2cc(O)cc(-c3ncc4c(N5CC6CCC(C5)N6C(=O)C(C)COC(=O)NCC(=O)OC5(CC)C(=O)OCc6c5cc5n(c6=O)Cc6c-5nc5cc(F)c(C)c7c5c6C(NC(=O)CO)CC7)nc(OCC56CCCN5CC(F)C6)nc4c3F)c12. The molecule has 0 radical (unpaired) electrons. The number of aliphatic hydroxyl groups excluding tert-OH is 1. The Balaban J connectivity index is 0.667. The van der Waals surface area contributed by atoms with Gasteiger partial charge in [0, 0.05) is 77.9 Å². The zero-order valence-corrected chi connectivity index (χ0v) is 50.3. The van der Waals surface area contributed by atoms with Crippen molar-refractivity contribution < 1.29 is 70.7 Å². The number of esters is 2. The number of alkyl carbamates (subject to hydrolysis) is 1. The fourth-order valence-electron chi connectivity index (χ4n) is 15.4. The summed E-state index contributed by atoms with van der Waals surface area (Å²) in [6.45, 7) is 3.83. The lowest BCUT2D eigenvalue weighted by molar-refractivity contribution is -0.188. The van der Waals surface area contributed by atoms with E-state index in [1.165, 1.54) is 41.1 Å². The molecule has 4 fully saturated rings. The van der Waals surface area contributed by atoms with Gasteiger partial charge in [-0.2, -0.15) is 9.97 Å². The highest BCUT2D eigenvalue weighted by molar-refractivity contribution is 6.03. The summed E-state index contributed by atoms with van der Waals surface area (Å²) in [5.41, 5.74) is -0.734. The number of aryl methyl sites for hydroxylation is 1. The van der Waals surface area contributed by atoms with E-state index in [9.17, 15) is 43.4 Å². The van der Waals surface area contributed by atoms with E-state index in [-0.39, 0.29) is 142 Å². The predicted octanol–water partition coefficient (Wildman–Crippen LogP) is 6.49. The number of pyridine rings is 3. The Kier molecular flexibility index (Phi) is 14.8. The minimum Gasteiger partial charge on any atom is -0.508 e. The van der Waals surface area contributed by atoms with Crippen molar-refractivity contribution in [2.45, 2.75) is 121 Å². The van der Waals surface area contributed by atoms with Crippen molar-refractivity contribution in [2.75, 3.05) is 57.4 Å². The minimum absolute atomic E-state index is 0.00451. The molecule has 0 spiro atoms. The van der Waals surface area contributed by atoms with Crippen LogP contribution in [0.2, 0.25) is 0 Å². The zero-order chi connectivity index (χ0) is 64.4. The largest absolute Gasteiger partial charge is 0.508 e. The van der Waals surface area contributed by atoms with Gasteiger partial charge in [-0.15, -0.1) is 6.42 Å². The predicted molar refractivity (Wildman–Crippen MR) is 322 cm³/mol. The van der Waals surface area contributed by atoms with E-state index in [2.05, 4.69) is 31.4 Å². The van der Waals surface area contributed by atoms with Crippen molar-refractivity contribution >= 4 is 68.2 Å². The standard InChI is InChI=1S/C66H62F4N10O12/c1-5-38-45(68)12-8-33-16-37(82)17-40(52(33)38)57-55(70)58-41(21-71-57)59(76-63(75-58)91-30-65-14-7-15-78(65)23-34(67)20-65)77-24-35-9-10-36(25-77)80(35)60(85)31(3)28-90-64(88)72-22-51(84)92-66(6-2)44-18-49-56-42(26-79(49)61(86)43(44)29-89-62(66)87)54-47(73-50(83)27-81)13-11-39-32(4)46(69)19-48(74-56)53(39)54/h1,8,12,16-19,21,31,34-36,47,81-82H,6-7,9-11,13-15,20,22-30H2,2-4H3,(H,72,88)(H,73,83). The van der Waals surface area contributed by atoms with Crippen LogP contribution < -0.4 is 25.8 Å². The lowest BCUT2D eigenvalue weighted by Gasteiger charge is -2.42. The number of carbonyl (C=O) groups excluding carboxylic acids is 5. The number of terminal acetylenes is 1. The van der Waals surface area contributed by atoms with Crippen LogP contribution in [-0.4, -0.2) is 151 Å². The first-order chi connectivity index (χ1) is 44.2. The van der Waals surface area contributed by atoms with Gasteiger partial charge in [-0.3, -0.25) is 29.1 Å². The van der Waals surface area contributed by atoms with Gasteiger partial charge in [-0.1, -0.05) is 25.8 Å². The van der Waals surface area contributed by atoms with Crippen molar-refractivity contribution in [1.29, 1.82) is 0 Å². The average Bonchev–Trinajstić information content (AvgIpc) is 1.47. The quantitative estimate of drug-likeness (QED) is 0.0392. The Bertz CT molecular complexity index is 4470. The molecule has 26 heteroatoms. The number of aliphatic hydroxyl groups is 1. The molecule has 14 rings (SSSR count). The smallest absolute Gasteiger partial charge is 0.407 e. The molecule has 7 aliphatic rings. The molecule has 3 aromatic carbocycles. The van der Waals surface area contributed by atoms with Crippen molar-refractivity contribution in [3.8, 4) is 46.7 Å². The molecule has 4 aromatic heterocycles. The molecule has 7 aromatic rings. The fraction of sp³-hybridized carbons (Fsp3) is 0.424. The van der Waals surface area contributed by atoms with Gasteiger partial charge < -0.3 is 54.2 Å². The third-order valence-electron chi connectivity index (χ3n) is 19.7. The Hall–Kier alpha value is -9.48. The van der Waals surface area contributed by atoms with Gasteiger partial charge in [0.2, 0.25) is 17.4 Å². The van der Waals surface area contributed by atoms with E-state index in [4.69, 9.17) is 35.3 Å². The summed E-state index contributed by atoms with van der Waals surface area (Å²) in [5, 5.41) is 27.0. The molecule has 22 nitrogen and oxygen atoms in total. The summed E-state index contributed by atoms with van der Waals surface area (Å²) >= 11 is 0. The lowest BCUT2D eigenvalue weighted by atomic mass is 9.81. The second-order valence-electron chi connectivity index (χ2n) is 25.0. The van der Waals surface area contributed by atoms with Gasteiger partial charge in [-0.25, -0.2) is 32.1 Å². The minimum atomic E-state index is -2.17. The molecule has 2 bridgehead atoms. The molecule has 10 heterocycles. The van der Waals surface area contributed by atoms with Gasteiger partial charge in [0.1, 0.15) is 73.6 Å². The van der Waals surface area contributed by atoms with Gasteiger partial charge in [0.05, 0.1) is 57.5 Å². The maximum absolute atomic E-state index is 17.4. The number of nitrogens with one attached hydrogen (secondary N) is 2. The van der Waals surface area contributed by atoms with E-state index in [1.54, 1.807) is 25.7 Å². The van der Waals surface area contributed by atoms with Gasteiger partial charge >= 0.3 is 24.0 Å². The molecule has 0 saturated carbocycles. The number of alkyl halides is 1. The topological polar surface area (TPSA) is 270 Å². The number of fused-ring (bicyclic) bond motifs is 10. The maximum atomic E-state index is 17.4. The number of rotatable bonds is 14. The molecule has 92 heavy (non-hydrogen) atoms. The number of carbonyl (C=O) groups is 5. The Morgan fingerprint density at radius 1 is 0.967 bits per heavy atom. The van der Waals surface area contributed by atoms with Crippen LogP contribution in [0.3, 0.4) is 0 Å². The summed E-state index contributed by atoms with van der Waals surface area (Å²) in [4.78, 5) is 107. The Morgan fingerprint density at radius 2 is 1.76 bits per heavy atom. The summed E-state index contributed by atoms with van der Waals surface area (Å²) in [5.74, 6) is -3.68. The number of amides is 3. The summed E-state index contributed by atoms with van der Waals surface area (Å²) < 4.78 is 87.7. The number of hydrogen-bond acceptors (Lipinski definition) is 18. The van der Waals surface area contributed by atoms with Crippen molar-refractivity contribution in [3.63, 3.8) is 0 Å². The normalized spacial score (nSPS) is 23.0. The highest BCUT2D eigenvalue weighted by atomic mass is 19.1. The number of aromatic nitrogens is 5. The molecule has 3 amide bonds. The first kappa shape index (κ1) is 60.1.